The highest BCUT2D eigenvalue weighted by Gasteiger charge is 2.46. The van der Waals surface area contributed by atoms with Crippen molar-refractivity contribution in [1.29, 1.82) is 0 Å². The Morgan fingerprint density at radius 3 is 2.58 bits per heavy atom. The van der Waals surface area contributed by atoms with Gasteiger partial charge in [0.2, 0.25) is 5.88 Å². The second-order valence-electron chi connectivity index (χ2n) is 7.04. The van der Waals surface area contributed by atoms with E-state index in [0.717, 1.165) is 18.4 Å². The average Bonchev–Trinajstić information content (AvgIpc) is 3.34. The fourth-order valence-corrected chi connectivity index (χ4v) is 3.59. The van der Waals surface area contributed by atoms with E-state index in [4.69, 9.17) is 23.8 Å². The number of carboxylic acids is 1. The fraction of sp³-hybridized carbons (Fsp3) is 0.450. The number of carbonyl (C=O) groups excluding carboxylic acids is 1. The number of amides is 1. The largest absolute Gasteiger partial charge is 0.490 e. The summed E-state index contributed by atoms with van der Waals surface area (Å²) in [5.41, 5.74) is 0.863. The van der Waals surface area contributed by atoms with E-state index in [1.165, 1.54) is 0 Å². The van der Waals surface area contributed by atoms with E-state index in [0.29, 0.717) is 24.8 Å². The van der Waals surface area contributed by atoms with E-state index in [1.807, 2.05) is 36.1 Å². The van der Waals surface area contributed by atoms with Gasteiger partial charge in [0.25, 0.3) is 5.91 Å². The topological polar surface area (TPSA) is 102 Å². The molecule has 2 aromatic heterocycles. The number of aryl methyl sites for hydroxylation is 1. The van der Waals surface area contributed by atoms with Crippen LogP contribution in [0, 0.1) is 6.92 Å². The lowest BCUT2D eigenvalue weighted by Gasteiger charge is -2.38. The molecule has 0 bridgehead atoms. The highest BCUT2D eigenvalue weighted by Crippen LogP contribution is 2.33. The van der Waals surface area contributed by atoms with Crippen molar-refractivity contribution in [2.45, 2.75) is 44.2 Å². The summed E-state index contributed by atoms with van der Waals surface area (Å²) in [6, 6.07) is 7.42. The molecule has 1 N–H and O–H groups in total. The van der Waals surface area contributed by atoms with Crippen molar-refractivity contribution in [2.75, 3.05) is 13.2 Å². The van der Waals surface area contributed by atoms with Crippen LogP contribution in [0.4, 0.5) is 13.2 Å². The maximum Gasteiger partial charge on any atom is 0.490 e. The minimum absolute atomic E-state index is 0.0180. The van der Waals surface area contributed by atoms with Crippen LogP contribution in [0.25, 0.3) is 0 Å². The van der Waals surface area contributed by atoms with Gasteiger partial charge in [0.05, 0.1) is 18.9 Å². The molecule has 0 aromatic carbocycles. The Kier molecular flexibility index (Phi) is 6.84. The summed E-state index contributed by atoms with van der Waals surface area (Å²) >= 11 is 0. The minimum atomic E-state index is -5.08. The predicted octanol–water partition coefficient (Wildman–Crippen LogP) is 3.07. The van der Waals surface area contributed by atoms with Crippen LogP contribution < -0.4 is 4.74 Å². The van der Waals surface area contributed by atoms with E-state index in [-0.39, 0.29) is 24.2 Å². The maximum absolute atomic E-state index is 12.8. The molecule has 1 saturated heterocycles. The summed E-state index contributed by atoms with van der Waals surface area (Å²) in [7, 11) is 0. The summed E-state index contributed by atoms with van der Waals surface area (Å²) in [6.07, 6.45) is -0.333. The van der Waals surface area contributed by atoms with Crippen molar-refractivity contribution >= 4 is 11.9 Å². The maximum atomic E-state index is 12.8. The quantitative estimate of drug-likeness (QED) is 0.780. The van der Waals surface area contributed by atoms with Crippen LogP contribution in [0.3, 0.4) is 0 Å². The number of halogens is 3. The van der Waals surface area contributed by atoms with Gasteiger partial charge in [-0.05, 0) is 31.9 Å². The Bertz CT molecular complexity index is 902. The molecule has 168 valence electrons. The van der Waals surface area contributed by atoms with Crippen LogP contribution in [0.2, 0.25) is 0 Å². The number of hydrogen-bond donors (Lipinski definition) is 1. The first-order valence-electron chi connectivity index (χ1n) is 9.53. The molecule has 11 heteroatoms. The minimum Gasteiger partial charge on any atom is -0.475 e. The molecule has 0 radical (unpaired) electrons. The second-order valence-corrected chi connectivity index (χ2v) is 7.04. The lowest BCUT2D eigenvalue weighted by atomic mass is 10.1. The molecular weight excluding hydrogens is 421 g/mol. The molecule has 2 aromatic rings. The predicted molar refractivity (Wildman–Crippen MR) is 99.6 cm³/mol. The molecule has 0 unspecified atom stereocenters. The molecule has 3 heterocycles. The third-order valence-corrected chi connectivity index (χ3v) is 5.01. The first-order chi connectivity index (χ1) is 14.7. The van der Waals surface area contributed by atoms with Gasteiger partial charge in [-0.3, -0.25) is 4.79 Å². The summed E-state index contributed by atoms with van der Waals surface area (Å²) in [6.45, 7) is 2.97. The monoisotopic (exact) mass is 442 g/mol. The molecule has 2 aliphatic rings. The van der Waals surface area contributed by atoms with E-state index in [1.54, 1.807) is 12.5 Å². The standard InChI is InChI=1S/C18H20N2O4.C2HF3O2/c1-12-7-10-22-16(12)18(21)20-9-11-23-17-13(20)5-6-14(17)24-15-4-2-3-8-19-15;3-2(4,5)1(6)7/h2-4,7-8,10,13-14,17H,5-6,9,11H2,1H3;(H,6,7)/t13-,14-,17+;/m0./s1. The van der Waals surface area contributed by atoms with E-state index >= 15 is 0 Å². The van der Waals surface area contributed by atoms with Gasteiger partial charge in [-0.1, -0.05) is 6.07 Å². The van der Waals surface area contributed by atoms with Crippen molar-refractivity contribution in [3.63, 3.8) is 0 Å². The lowest BCUT2D eigenvalue weighted by molar-refractivity contribution is -0.192. The number of alkyl halides is 3. The molecule has 2 fully saturated rings. The molecule has 1 aliphatic carbocycles. The SMILES string of the molecule is Cc1ccoc1C(=O)N1CCO[C@H]2[C@@H](Oc3ccccn3)CC[C@@H]21.O=C(O)C(F)(F)F. The lowest BCUT2D eigenvalue weighted by Crippen LogP contribution is -2.54. The zero-order valence-electron chi connectivity index (χ0n) is 16.5. The molecule has 3 atom stereocenters. The summed E-state index contributed by atoms with van der Waals surface area (Å²) in [4.78, 5) is 27.8. The molecule has 1 amide bonds. The first-order valence-corrected chi connectivity index (χ1v) is 9.53. The molecule has 0 spiro atoms. The zero-order valence-corrected chi connectivity index (χ0v) is 16.5. The van der Waals surface area contributed by atoms with Crippen molar-refractivity contribution < 1.29 is 41.8 Å². The Hall–Kier alpha value is -3.08. The molecule has 8 nitrogen and oxygen atoms in total. The summed E-state index contributed by atoms with van der Waals surface area (Å²) < 4.78 is 49.0. The van der Waals surface area contributed by atoms with Crippen molar-refractivity contribution in [1.82, 2.24) is 9.88 Å². The third-order valence-electron chi connectivity index (χ3n) is 5.01. The molecular formula is C20H21F3N2O6. The summed E-state index contributed by atoms with van der Waals surface area (Å²) in [5.74, 6) is -1.80. The number of nitrogens with zero attached hydrogens (tertiary/aromatic N) is 2. The van der Waals surface area contributed by atoms with Gasteiger partial charge in [0, 0.05) is 24.4 Å². The highest BCUT2D eigenvalue weighted by molar-refractivity contribution is 5.93. The van der Waals surface area contributed by atoms with Crippen LogP contribution >= 0.6 is 0 Å². The number of hydrogen-bond acceptors (Lipinski definition) is 6. The van der Waals surface area contributed by atoms with Gasteiger partial charge in [-0.25, -0.2) is 9.78 Å². The number of aliphatic carboxylic acids is 1. The van der Waals surface area contributed by atoms with Crippen LogP contribution in [-0.4, -0.2) is 64.4 Å². The van der Waals surface area contributed by atoms with E-state index in [2.05, 4.69) is 4.98 Å². The molecule has 4 rings (SSSR count). The number of morpholine rings is 1. The zero-order chi connectivity index (χ0) is 22.6. The van der Waals surface area contributed by atoms with Crippen LogP contribution in [0.5, 0.6) is 5.88 Å². The summed E-state index contributed by atoms with van der Waals surface area (Å²) in [5, 5.41) is 7.12. The van der Waals surface area contributed by atoms with Gasteiger partial charge in [0.1, 0.15) is 12.2 Å². The van der Waals surface area contributed by atoms with Crippen molar-refractivity contribution in [3.05, 3.63) is 48.0 Å². The smallest absolute Gasteiger partial charge is 0.475 e. The Balaban J connectivity index is 0.000000339. The number of carboxylic acid groups (broad SMARTS) is 1. The third kappa shape index (κ3) is 5.35. The molecule has 31 heavy (non-hydrogen) atoms. The number of carbonyl (C=O) groups is 2. The number of rotatable bonds is 3. The number of aromatic nitrogens is 1. The Morgan fingerprint density at radius 2 is 2.00 bits per heavy atom. The van der Waals surface area contributed by atoms with Gasteiger partial charge in [-0.2, -0.15) is 13.2 Å². The van der Waals surface area contributed by atoms with Gasteiger partial charge in [-0.15, -0.1) is 0 Å². The molecule has 1 aliphatic heterocycles. The fourth-order valence-electron chi connectivity index (χ4n) is 3.59. The van der Waals surface area contributed by atoms with Gasteiger partial charge < -0.3 is 23.9 Å². The van der Waals surface area contributed by atoms with E-state index in [9.17, 15) is 18.0 Å². The normalized spacial score (nSPS) is 22.8. The van der Waals surface area contributed by atoms with Crippen LogP contribution in [0.1, 0.15) is 29.0 Å². The van der Waals surface area contributed by atoms with Crippen LogP contribution in [0.15, 0.2) is 41.1 Å². The highest BCUT2D eigenvalue weighted by atomic mass is 19.4. The van der Waals surface area contributed by atoms with Gasteiger partial charge >= 0.3 is 12.1 Å². The van der Waals surface area contributed by atoms with E-state index < -0.39 is 12.1 Å². The first kappa shape index (κ1) is 22.6. The van der Waals surface area contributed by atoms with Gasteiger partial charge in [0.15, 0.2) is 5.76 Å². The number of ether oxygens (including phenoxy) is 2. The second kappa shape index (κ2) is 9.38. The number of fused-ring (bicyclic) bond motifs is 1. The number of furan rings is 1. The van der Waals surface area contributed by atoms with Crippen molar-refractivity contribution in [3.8, 4) is 5.88 Å². The Labute approximate surface area is 175 Å². The number of pyridine rings is 1. The Morgan fingerprint density at radius 1 is 1.26 bits per heavy atom. The van der Waals surface area contributed by atoms with Crippen LogP contribution in [-0.2, 0) is 9.53 Å². The van der Waals surface area contributed by atoms with Crippen molar-refractivity contribution in [2.24, 2.45) is 0 Å². The average molecular weight is 442 g/mol. The molecule has 1 saturated carbocycles.